The second-order valence-corrected chi connectivity index (χ2v) is 3.05. The first kappa shape index (κ1) is 10.4. The molecule has 82 valence electrons. The van der Waals surface area contributed by atoms with Crippen LogP contribution >= 0.6 is 0 Å². The average Bonchev–Trinajstić information content (AvgIpc) is 2.30. The molecule has 1 heterocycles. The summed E-state index contributed by atoms with van der Waals surface area (Å²) in [6.07, 6.45) is 0. The number of hydrogen-bond donors (Lipinski definition) is 0. The number of rotatable bonds is 3. The number of benzene rings is 1. The number of methoxy groups -OCH3 is 1. The number of pyridine rings is 1. The van der Waals surface area contributed by atoms with Gasteiger partial charge in [0.05, 0.1) is 7.11 Å². The van der Waals surface area contributed by atoms with Gasteiger partial charge in [-0.3, -0.25) is 0 Å². The lowest BCUT2D eigenvalue weighted by Crippen LogP contribution is -1.92. The lowest BCUT2D eigenvalue weighted by molar-refractivity contribution is 0.371. The van der Waals surface area contributed by atoms with Gasteiger partial charge in [0.2, 0.25) is 11.8 Å². The van der Waals surface area contributed by atoms with Crippen LogP contribution in [0.2, 0.25) is 0 Å². The third-order valence-electron chi connectivity index (χ3n) is 1.97. The summed E-state index contributed by atoms with van der Waals surface area (Å²) in [7, 11) is 1.54. The molecule has 16 heavy (non-hydrogen) atoms. The van der Waals surface area contributed by atoms with Crippen molar-refractivity contribution in [2.75, 3.05) is 7.11 Å². The van der Waals surface area contributed by atoms with Gasteiger partial charge in [-0.25, -0.2) is 0 Å². The minimum atomic E-state index is -0.576. The van der Waals surface area contributed by atoms with Gasteiger partial charge in [0, 0.05) is 6.07 Å². The number of halogens is 1. The molecule has 1 aromatic heterocycles. The van der Waals surface area contributed by atoms with Crippen molar-refractivity contribution in [3.05, 3.63) is 48.4 Å². The van der Waals surface area contributed by atoms with E-state index in [-0.39, 0.29) is 5.88 Å². The number of ether oxygens (including phenoxy) is 2. The molecule has 0 atom stereocenters. The van der Waals surface area contributed by atoms with Gasteiger partial charge in [0.25, 0.3) is 0 Å². The van der Waals surface area contributed by atoms with Crippen molar-refractivity contribution in [3.8, 4) is 17.4 Å². The second-order valence-electron chi connectivity index (χ2n) is 3.05. The zero-order valence-corrected chi connectivity index (χ0v) is 8.68. The molecule has 0 saturated carbocycles. The van der Waals surface area contributed by atoms with Crippen LogP contribution in [0.5, 0.6) is 17.4 Å². The third-order valence-corrected chi connectivity index (χ3v) is 1.97. The molecule has 2 rings (SSSR count). The Bertz CT molecular complexity index is 488. The van der Waals surface area contributed by atoms with Gasteiger partial charge in [-0.2, -0.15) is 9.37 Å². The molecular weight excluding hydrogens is 209 g/mol. The molecule has 0 unspecified atom stereocenters. The summed E-state index contributed by atoms with van der Waals surface area (Å²) in [4.78, 5) is 3.60. The molecule has 0 fully saturated rings. The standard InChI is InChI=1S/C12H10FNO2/c1-15-9-5-2-3-6-10(9)16-12-8-4-7-11(13)14-12/h2-8H,1H3. The summed E-state index contributed by atoms with van der Waals surface area (Å²) in [6.45, 7) is 0. The smallest absolute Gasteiger partial charge is 0.222 e. The van der Waals surface area contributed by atoms with E-state index >= 15 is 0 Å². The van der Waals surface area contributed by atoms with E-state index in [1.165, 1.54) is 12.1 Å². The van der Waals surface area contributed by atoms with Crippen molar-refractivity contribution in [3.63, 3.8) is 0 Å². The minimum absolute atomic E-state index is 0.199. The van der Waals surface area contributed by atoms with Crippen LogP contribution in [-0.4, -0.2) is 12.1 Å². The third kappa shape index (κ3) is 2.28. The Morgan fingerprint density at radius 1 is 1.00 bits per heavy atom. The fourth-order valence-electron chi connectivity index (χ4n) is 1.26. The molecule has 0 aliphatic carbocycles. The maximum atomic E-state index is 12.8. The van der Waals surface area contributed by atoms with Crippen molar-refractivity contribution < 1.29 is 13.9 Å². The summed E-state index contributed by atoms with van der Waals surface area (Å²) < 4.78 is 23.3. The quantitative estimate of drug-likeness (QED) is 0.743. The molecule has 0 spiro atoms. The maximum absolute atomic E-state index is 12.8. The highest BCUT2D eigenvalue weighted by atomic mass is 19.1. The highest BCUT2D eigenvalue weighted by Crippen LogP contribution is 2.29. The first-order valence-electron chi connectivity index (χ1n) is 4.73. The number of aromatic nitrogens is 1. The summed E-state index contributed by atoms with van der Waals surface area (Å²) in [5, 5.41) is 0. The van der Waals surface area contributed by atoms with Crippen LogP contribution in [-0.2, 0) is 0 Å². The Hall–Kier alpha value is -2.10. The van der Waals surface area contributed by atoms with Crippen molar-refractivity contribution in [1.82, 2.24) is 4.98 Å². The molecule has 0 N–H and O–H groups in total. The molecule has 0 radical (unpaired) electrons. The van der Waals surface area contributed by atoms with Gasteiger partial charge in [0.1, 0.15) is 0 Å². The summed E-state index contributed by atoms with van der Waals surface area (Å²) in [5.41, 5.74) is 0. The normalized spacial score (nSPS) is 9.88. The summed E-state index contributed by atoms with van der Waals surface area (Å²) in [5.74, 6) is 0.702. The van der Waals surface area contributed by atoms with E-state index in [1.54, 1.807) is 31.4 Å². The first-order valence-corrected chi connectivity index (χ1v) is 4.73. The Labute approximate surface area is 92.5 Å². The van der Waals surface area contributed by atoms with Gasteiger partial charge in [0.15, 0.2) is 11.5 Å². The molecular formula is C12H10FNO2. The van der Waals surface area contributed by atoms with Crippen LogP contribution in [0.1, 0.15) is 0 Å². The van der Waals surface area contributed by atoms with Crippen LogP contribution in [0.15, 0.2) is 42.5 Å². The van der Waals surface area contributed by atoms with Crippen molar-refractivity contribution >= 4 is 0 Å². The molecule has 4 heteroatoms. The second kappa shape index (κ2) is 4.61. The van der Waals surface area contributed by atoms with Crippen LogP contribution < -0.4 is 9.47 Å². The average molecular weight is 219 g/mol. The van der Waals surface area contributed by atoms with Gasteiger partial charge in [-0.1, -0.05) is 18.2 Å². The van der Waals surface area contributed by atoms with E-state index in [1.807, 2.05) is 6.07 Å². The minimum Gasteiger partial charge on any atom is -0.493 e. The Morgan fingerprint density at radius 2 is 1.75 bits per heavy atom. The first-order chi connectivity index (χ1) is 7.79. The fraction of sp³-hybridized carbons (Fsp3) is 0.0833. The van der Waals surface area contributed by atoms with Gasteiger partial charge in [-0.15, -0.1) is 0 Å². The topological polar surface area (TPSA) is 31.4 Å². The largest absolute Gasteiger partial charge is 0.493 e. The number of hydrogen-bond acceptors (Lipinski definition) is 3. The van der Waals surface area contributed by atoms with Crippen LogP contribution in [0, 0.1) is 5.95 Å². The lowest BCUT2D eigenvalue weighted by Gasteiger charge is -2.08. The Morgan fingerprint density at radius 3 is 2.44 bits per heavy atom. The molecule has 0 saturated heterocycles. The number of nitrogens with zero attached hydrogens (tertiary/aromatic N) is 1. The van der Waals surface area contributed by atoms with E-state index in [0.29, 0.717) is 11.5 Å². The Balaban J connectivity index is 2.26. The maximum Gasteiger partial charge on any atom is 0.222 e. The zero-order chi connectivity index (χ0) is 11.4. The number of para-hydroxylation sites is 2. The van der Waals surface area contributed by atoms with Crippen LogP contribution in [0.25, 0.3) is 0 Å². The lowest BCUT2D eigenvalue weighted by atomic mass is 10.3. The highest BCUT2D eigenvalue weighted by molar-refractivity contribution is 5.41. The van der Waals surface area contributed by atoms with E-state index in [9.17, 15) is 4.39 Å². The molecule has 2 aromatic rings. The molecule has 3 nitrogen and oxygen atoms in total. The van der Waals surface area contributed by atoms with E-state index < -0.39 is 5.95 Å². The van der Waals surface area contributed by atoms with Gasteiger partial charge < -0.3 is 9.47 Å². The Kier molecular flexibility index (Phi) is 3.00. The van der Waals surface area contributed by atoms with Crippen molar-refractivity contribution in [2.45, 2.75) is 0 Å². The molecule has 0 bridgehead atoms. The van der Waals surface area contributed by atoms with Crippen molar-refractivity contribution in [1.29, 1.82) is 0 Å². The highest BCUT2D eigenvalue weighted by Gasteiger charge is 2.05. The van der Waals surface area contributed by atoms with Crippen molar-refractivity contribution in [2.24, 2.45) is 0 Å². The van der Waals surface area contributed by atoms with E-state index in [0.717, 1.165) is 0 Å². The molecule has 1 aromatic carbocycles. The fourth-order valence-corrected chi connectivity index (χ4v) is 1.26. The summed E-state index contributed by atoms with van der Waals surface area (Å²) >= 11 is 0. The SMILES string of the molecule is COc1ccccc1Oc1cccc(F)n1. The molecule has 0 aliphatic rings. The predicted molar refractivity (Wildman–Crippen MR) is 57.3 cm³/mol. The molecule has 0 amide bonds. The summed E-state index contributed by atoms with van der Waals surface area (Å²) in [6, 6.07) is 11.5. The molecule has 0 aliphatic heterocycles. The van der Waals surface area contributed by atoms with Crippen LogP contribution in [0.3, 0.4) is 0 Å². The monoisotopic (exact) mass is 219 g/mol. The van der Waals surface area contributed by atoms with E-state index in [2.05, 4.69) is 4.98 Å². The van der Waals surface area contributed by atoms with Gasteiger partial charge >= 0.3 is 0 Å². The zero-order valence-electron chi connectivity index (χ0n) is 8.68. The predicted octanol–water partition coefficient (Wildman–Crippen LogP) is 3.02. The van der Waals surface area contributed by atoms with Crippen LogP contribution in [0.4, 0.5) is 4.39 Å². The van der Waals surface area contributed by atoms with E-state index in [4.69, 9.17) is 9.47 Å². The van der Waals surface area contributed by atoms with Gasteiger partial charge in [-0.05, 0) is 18.2 Å².